The summed E-state index contributed by atoms with van der Waals surface area (Å²) in [7, 11) is 0. The quantitative estimate of drug-likeness (QED) is 0.661. The summed E-state index contributed by atoms with van der Waals surface area (Å²) in [5.74, 6) is -0.120. The largest absolute Gasteiger partial charge is 0.388 e. The third-order valence-electron chi connectivity index (χ3n) is 4.07. The van der Waals surface area contributed by atoms with Crippen LogP contribution < -0.4 is 11.1 Å². The van der Waals surface area contributed by atoms with Crippen LogP contribution in [0.25, 0.3) is 0 Å². The lowest BCUT2D eigenvalue weighted by atomic mass is 9.74. The van der Waals surface area contributed by atoms with Crippen molar-refractivity contribution < 1.29 is 9.90 Å². The summed E-state index contributed by atoms with van der Waals surface area (Å²) in [6, 6.07) is 0. The third-order valence-corrected chi connectivity index (χ3v) is 4.07. The fraction of sp³-hybridized carbons (Fsp3) is 0.923. The SMILES string of the molecule is CCC(O)(CC)CNC(=O)C(C)(C)C(C)(C)N. The molecular weight excluding hydrogens is 216 g/mol. The van der Waals surface area contributed by atoms with Gasteiger partial charge in [-0.25, -0.2) is 0 Å². The minimum atomic E-state index is -0.815. The lowest BCUT2D eigenvalue weighted by molar-refractivity contribution is -0.133. The second-order valence-electron chi connectivity index (χ2n) is 5.96. The predicted molar refractivity (Wildman–Crippen MR) is 70.6 cm³/mol. The van der Waals surface area contributed by atoms with Gasteiger partial charge in [-0.1, -0.05) is 13.8 Å². The van der Waals surface area contributed by atoms with Crippen molar-refractivity contribution in [1.29, 1.82) is 0 Å². The molecule has 0 unspecified atom stereocenters. The van der Waals surface area contributed by atoms with E-state index in [2.05, 4.69) is 5.32 Å². The molecule has 0 rings (SSSR count). The van der Waals surface area contributed by atoms with Gasteiger partial charge in [0.05, 0.1) is 11.0 Å². The molecule has 0 spiro atoms. The smallest absolute Gasteiger partial charge is 0.227 e. The van der Waals surface area contributed by atoms with Crippen LogP contribution in [0.4, 0.5) is 0 Å². The Morgan fingerprint density at radius 3 is 1.88 bits per heavy atom. The zero-order chi connectivity index (χ0) is 13.9. The molecule has 0 aromatic heterocycles. The second-order valence-corrected chi connectivity index (χ2v) is 5.96. The highest BCUT2D eigenvalue weighted by Crippen LogP contribution is 2.28. The van der Waals surface area contributed by atoms with E-state index < -0.39 is 16.6 Å². The first-order valence-electron chi connectivity index (χ1n) is 6.29. The lowest BCUT2D eigenvalue weighted by Gasteiger charge is -2.38. The molecule has 0 aliphatic carbocycles. The van der Waals surface area contributed by atoms with Gasteiger partial charge in [-0.3, -0.25) is 4.79 Å². The van der Waals surface area contributed by atoms with E-state index in [1.807, 2.05) is 41.5 Å². The molecule has 0 bridgehead atoms. The Balaban J connectivity index is 4.58. The minimum absolute atomic E-state index is 0.120. The molecule has 0 aliphatic heterocycles. The molecular formula is C13H28N2O2. The number of carbonyl (C=O) groups excluding carboxylic acids is 1. The Morgan fingerprint density at radius 2 is 1.59 bits per heavy atom. The lowest BCUT2D eigenvalue weighted by Crippen LogP contribution is -2.57. The molecule has 1 amide bonds. The van der Waals surface area contributed by atoms with Crippen molar-refractivity contribution in [1.82, 2.24) is 5.32 Å². The van der Waals surface area contributed by atoms with E-state index in [4.69, 9.17) is 5.73 Å². The van der Waals surface area contributed by atoms with Crippen molar-refractivity contribution >= 4 is 5.91 Å². The Labute approximate surface area is 105 Å². The van der Waals surface area contributed by atoms with Crippen molar-refractivity contribution in [3.05, 3.63) is 0 Å². The Morgan fingerprint density at radius 1 is 1.18 bits per heavy atom. The highest BCUT2D eigenvalue weighted by Gasteiger charge is 2.40. The van der Waals surface area contributed by atoms with Crippen molar-refractivity contribution in [2.24, 2.45) is 11.1 Å². The van der Waals surface area contributed by atoms with Crippen LogP contribution in [0.3, 0.4) is 0 Å². The van der Waals surface area contributed by atoms with Crippen LogP contribution >= 0.6 is 0 Å². The Hall–Kier alpha value is -0.610. The number of aliphatic hydroxyl groups is 1. The molecule has 102 valence electrons. The molecule has 4 heteroatoms. The van der Waals surface area contributed by atoms with E-state index in [1.165, 1.54) is 0 Å². The molecule has 4 nitrogen and oxygen atoms in total. The van der Waals surface area contributed by atoms with Gasteiger partial charge in [-0.05, 0) is 40.5 Å². The van der Waals surface area contributed by atoms with Crippen LogP contribution in [0.15, 0.2) is 0 Å². The van der Waals surface area contributed by atoms with Gasteiger partial charge in [0.1, 0.15) is 0 Å². The molecule has 0 atom stereocenters. The summed E-state index contributed by atoms with van der Waals surface area (Å²) in [6.07, 6.45) is 1.24. The van der Waals surface area contributed by atoms with Gasteiger partial charge in [0.15, 0.2) is 0 Å². The molecule has 0 radical (unpaired) electrons. The first-order chi connectivity index (χ1) is 7.50. The maximum absolute atomic E-state index is 12.1. The van der Waals surface area contributed by atoms with E-state index in [-0.39, 0.29) is 12.5 Å². The standard InChI is InChI=1S/C13H28N2O2/c1-7-13(17,8-2)9-15-10(16)11(3,4)12(5,6)14/h17H,7-9,14H2,1-6H3,(H,15,16). The zero-order valence-electron chi connectivity index (χ0n) is 12.1. The maximum atomic E-state index is 12.1. The van der Waals surface area contributed by atoms with Gasteiger partial charge in [0, 0.05) is 12.1 Å². The number of amides is 1. The maximum Gasteiger partial charge on any atom is 0.227 e. The monoisotopic (exact) mass is 244 g/mol. The van der Waals surface area contributed by atoms with E-state index in [0.29, 0.717) is 12.8 Å². The van der Waals surface area contributed by atoms with Gasteiger partial charge >= 0.3 is 0 Å². The molecule has 17 heavy (non-hydrogen) atoms. The second kappa shape index (κ2) is 5.36. The first kappa shape index (κ1) is 16.4. The van der Waals surface area contributed by atoms with Crippen LogP contribution in [0.1, 0.15) is 54.4 Å². The molecule has 0 aromatic carbocycles. The molecule has 4 N–H and O–H groups in total. The fourth-order valence-electron chi connectivity index (χ4n) is 1.26. The predicted octanol–water partition coefficient (Wildman–Crippen LogP) is 1.42. The fourth-order valence-corrected chi connectivity index (χ4v) is 1.26. The number of rotatable bonds is 6. The number of carbonyl (C=O) groups is 1. The van der Waals surface area contributed by atoms with Crippen LogP contribution in [-0.2, 0) is 4.79 Å². The van der Waals surface area contributed by atoms with Gasteiger partial charge in [0.2, 0.25) is 5.91 Å². The van der Waals surface area contributed by atoms with E-state index in [9.17, 15) is 9.90 Å². The van der Waals surface area contributed by atoms with Crippen molar-refractivity contribution in [3.8, 4) is 0 Å². The van der Waals surface area contributed by atoms with Crippen molar-refractivity contribution in [3.63, 3.8) is 0 Å². The molecule has 0 saturated heterocycles. The van der Waals surface area contributed by atoms with Gasteiger partial charge in [0.25, 0.3) is 0 Å². The number of hydrogen-bond acceptors (Lipinski definition) is 3. The third kappa shape index (κ3) is 3.96. The minimum Gasteiger partial charge on any atom is -0.388 e. The molecule has 0 heterocycles. The normalized spacial score (nSPS) is 13.6. The number of nitrogens with two attached hydrogens (primary N) is 1. The van der Waals surface area contributed by atoms with Crippen molar-refractivity contribution in [2.45, 2.75) is 65.5 Å². The molecule has 0 aromatic rings. The number of hydrogen-bond donors (Lipinski definition) is 3. The number of nitrogens with one attached hydrogen (secondary N) is 1. The Bertz CT molecular complexity index is 263. The van der Waals surface area contributed by atoms with Gasteiger partial charge in [-0.15, -0.1) is 0 Å². The topological polar surface area (TPSA) is 75.3 Å². The summed E-state index contributed by atoms with van der Waals surface area (Å²) in [5.41, 5.74) is 3.91. The molecule has 0 fully saturated rings. The summed E-state index contributed by atoms with van der Waals surface area (Å²) < 4.78 is 0. The van der Waals surface area contributed by atoms with Crippen molar-refractivity contribution in [2.75, 3.05) is 6.54 Å². The highest BCUT2D eigenvalue weighted by molar-refractivity contribution is 5.83. The molecule has 0 aliphatic rings. The highest BCUT2D eigenvalue weighted by atomic mass is 16.3. The summed E-state index contributed by atoms with van der Waals surface area (Å²) >= 11 is 0. The van der Waals surface area contributed by atoms with Gasteiger partial charge < -0.3 is 16.2 Å². The van der Waals surface area contributed by atoms with Crippen LogP contribution in [-0.4, -0.2) is 28.7 Å². The summed E-state index contributed by atoms with van der Waals surface area (Å²) in [4.78, 5) is 12.1. The van der Waals surface area contributed by atoms with Crippen LogP contribution in [0, 0.1) is 5.41 Å². The van der Waals surface area contributed by atoms with E-state index in [1.54, 1.807) is 0 Å². The summed E-state index contributed by atoms with van der Waals surface area (Å²) in [5, 5.41) is 12.9. The Kier molecular flexibility index (Phi) is 5.16. The first-order valence-corrected chi connectivity index (χ1v) is 6.29. The average Bonchev–Trinajstić information content (AvgIpc) is 2.23. The zero-order valence-corrected chi connectivity index (χ0v) is 12.1. The van der Waals surface area contributed by atoms with E-state index >= 15 is 0 Å². The average molecular weight is 244 g/mol. The summed E-state index contributed by atoms with van der Waals surface area (Å²) in [6.45, 7) is 11.4. The molecule has 0 saturated carbocycles. The van der Waals surface area contributed by atoms with Crippen LogP contribution in [0.2, 0.25) is 0 Å². The van der Waals surface area contributed by atoms with Crippen LogP contribution in [0.5, 0.6) is 0 Å². The van der Waals surface area contributed by atoms with Gasteiger partial charge in [-0.2, -0.15) is 0 Å². The van der Waals surface area contributed by atoms with E-state index in [0.717, 1.165) is 0 Å².